The fraction of sp³-hybridized carbons (Fsp3) is 0.125. The third-order valence-electron chi connectivity index (χ3n) is 2.72. The molecule has 0 unspecified atom stereocenters. The normalized spacial score (nSPS) is 11.2. The first-order valence-electron chi connectivity index (χ1n) is 5.99. The molecule has 0 spiro atoms. The second-order valence-electron chi connectivity index (χ2n) is 4.11. The number of ketones is 1. The lowest BCUT2D eigenvalue weighted by atomic mass is 10.0. The van der Waals surface area contributed by atoms with Crippen LogP contribution in [0.25, 0.3) is 11.6 Å². The number of Topliss-reactive ketones (excluding diaryl/α,β-unsaturated/α-hetero) is 1. The van der Waals surface area contributed by atoms with Crippen molar-refractivity contribution >= 4 is 17.4 Å². The summed E-state index contributed by atoms with van der Waals surface area (Å²) in [5.41, 5.74) is 2.18. The zero-order valence-electron chi connectivity index (χ0n) is 11.0. The van der Waals surface area contributed by atoms with E-state index < -0.39 is 0 Å². The van der Waals surface area contributed by atoms with E-state index in [1.165, 1.54) is 0 Å². The third-order valence-corrected chi connectivity index (χ3v) is 2.72. The van der Waals surface area contributed by atoms with Crippen molar-refractivity contribution in [1.29, 1.82) is 0 Å². The first kappa shape index (κ1) is 13.0. The van der Waals surface area contributed by atoms with Gasteiger partial charge in [0.2, 0.25) is 0 Å². The van der Waals surface area contributed by atoms with E-state index in [9.17, 15) is 4.79 Å². The van der Waals surface area contributed by atoms with Crippen LogP contribution in [-0.4, -0.2) is 17.9 Å². The number of aromatic nitrogens is 1. The summed E-state index contributed by atoms with van der Waals surface area (Å²) in [5.74, 6) is 0.749. The average molecular weight is 253 g/mol. The van der Waals surface area contributed by atoms with Crippen molar-refractivity contribution < 1.29 is 9.53 Å². The number of benzene rings is 1. The maximum Gasteiger partial charge on any atom is 0.161 e. The van der Waals surface area contributed by atoms with Crippen LogP contribution in [0.1, 0.15) is 18.2 Å². The van der Waals surface area contributed by atoms with E-state index in [0.717, 1.165) is 11.3 Å². The monoisotopic (exact) mass is 253 g/mol. The Morgan fingerprint density at radius 1 is 1.21 bits per heavy atom. The lowest BCUT2D eigenvalue weighted by molar-refractivity contribution is -0.111. The Morgan fingerprint density at radius 3 is 2.68 bits per heavy atom. The van der Waals surface area contributed by atoms with Gasteiger partial charge in [-0.05, 0) is 42.8 Å². The number of ether oxygens (including phenoxy) is 1. The Morgan fingerprint density at radius 2 is 2.05 bits per heavy atom. The highest BCUT2D eigenvalue weighted by atomic mass is 16.5. The van der Waals surface area contributed by atoms with E-state index in [-0.39, 0.29) is 5.78 Å². The molecule has 0 saturated carbocycles. The summed E-state index contributed by atoms with van der Waals surface area (Å²) in [6, 6.07) is 13.1. The third kappa shape index (κ3) is 3.28. The molecule has 0 atom stereocenters. The number of rotatable bonds is 4. The van der Waals surface area contributed by atoms with Crippen LogP contribution >= 0.6 is 0 Å². The molecule has 2 aromatic rings. The minimum Gasteiger partial charge on any atom is -0.497 e. The van der Waals surface area contributed by atoms with Crippen LogP contribution in [0.15, 0.2) is 48.7 Å². The molecule has 96 valence electrons. The molecular weight excluding hydrogens is 238 g/mol. The maximum absolute atomic E-state index is 11.8. The second kappa shape index (κ2) is 5.96. The highest BCUT2D eigenvalue weighted by molar-refractivity contribution is 6.23. The van der Waals surface area contributed by atoms with Gasteiger partial charge in [-0.2, -0.15) is 0 Å². The number of nitrogens with zero attached hydrogens (tertiary/aromatic N) is 1. The molecule has 1 heterocycles. The molecule has 0 radical (unpaired) electrons. The molecule has 3 nitrogen and oxygen atoms in total. The van der Waals surface area contributed by atoms with Gasteiger partial charge in [-0.25, -0.2) is 0 Å². The van der Waals surface area contributed by atoms with E-state index in [0.29, 0.717) is 11.3 Å². The minimum absolute atomic E-state index is 0.0125. The summed E-state index contributed by atoms with van der Waals surface area (Å²) >= 11 is 0. The zero-order chi connectivity index (χ0) is 13.7. The average Bonchev–Trinajstić information content (AvgIpc) is 2.45. The summed E-state index contributed by atoms with van der Waals surface area (Å²) in [7, 11) is 1.62. The van der Waals surface area contributed by atoms with Crippen molar-refractivity contribution in [1.82, 2.24) is 4.98 Å². The summed E-state index contributed by atoms with van der Waals surface area (Å²) in [6.45, 7) is 1.54. The van der Waals surface area contributed by atoms with Gasteiger partial charge in [-0.15, -0.1) is 0 Å². The van der Waals surface area contributed by atoms with Gasteiger partial charge in [0.25, 0.3) is 0 Å². The molecule has 0 bridgehead atoms. The van der Waals surface area contributed by atoms with E-state index in [1.807, 2.05) is 48.5 Å². The number of allylic oxidation sites excluding steroid dienone is 1. The number of carbonyl (C=O) groups excluding carboxylic acids is 1. The van der Waals surface area contributed by atoms with Crippen molar-refractivity contribution in [3.8, 4) is 5.75 Å². The van der Waals surface area contributed by atoms with Gasteiger partial charge in [-0.3, -0.25) is 9.78 Å². The quantitative estimate of drug-likeness (QED) is 0.785. The number of hydrogen-bond acceptors (Lipinski definition) is 3. The fourth-order valence-corrected chi connectivity index (χ4v) is 1.78. The van der Waals surface area contributed by atoms with Crippen LogP contribution < -0.4 is 4.74 Å². The van der Waals surface area contributed by atoms with Crippen LogP contribution in [0, 0.1) is 0 Å². The van der Waals surface area contributed by atoms with Crippen LogP contribution in [0.5, 0.6) is 5.75 Å². The van der Waals surface area contributed by atoms with E-state index in [2.05, 4.69) is 4.98 Å². The predicted octanol–water partition coefficient (Wildman–Crippen LogP) is 3.22. The molecule has 19 heavy (non-hydrogen) atoms. The van der Waals surface area contributed by atoms with Crippen molar-refractivity contribution in [2.45, 2.75) is 6.92 Å². The molecule has 0 fully saturated rings. The summed E-state index contributed by atoms with van der Waals surface area (Å²) in [4.78, 5) is 16.0. The van der Waals surface area contributed by atoms with Gasteiger partial charge in [-0.1, -0.05) is 18.2 Å². The molecule has 1 aromatic carbocycles. The van der Waals surface area contributed by atoms with Gasteiger partial charge in [0.05, 0.1) is 12.8 Å². The molecule has 0 N–H and O–H groups in total. The van der Waals surface area contributed by atoms with Crippen molar-refractivity contribution in [2.24, 2.45) is 0 Å². The molecule has 2 rings (SSSR count). The number of carbonyl (C=O) groups is 1. The minimum atomic E-state index is -0.0125. The van der Waals surface area contributed by atoms with E-state index >= 15 is 0 Å². The van der Waals surface area contributed by atoms with Gasteiger partial charge in [0, 0.05) is 11.8 Å². The smallest absolute Gasteiger partial charge is 0.161 e. The summed E-state index contributed by atoms with van der Waals surface area (Å²) < 4.78 is 5.17. The number of pyridine rings is 1. The van der Waals surface area contributed by atoms with Crippen LogP contribution in [0.2, 0.25) is 0 Å². The summed E-state index contributed by atoms with van der Waals surface area (Å²) in [6.07, 6.45) is 3.50. The molecular formula is C16H15NO2. The number of hydrogen-bond donors (Lipinski definition) is 0. The molecule has 0 saturated heterocycles. The van der Waals surface area contributed by atoms with Gasteiger partial charge in [0.15, 0.2) is 5.78 Å². The predicted molar refractivity (Wildman–Crippen MR) is 75.8 cm³/mol. The second-order valence-corrected chi connectivity index (χ2v) is 4.11. The maximum atomic E-state index is 11.8. The van der Waals surface area contributed by atoms with Crippen LogP contribution in [0.4, 0.5) is 0 Å². The molecule has 1 aromatic heterocycles. The first-order valence-corrected chi connectivity index (χ1v) is 5.99. The Labute approximate surface area is 112 Å². The zero-order valence-corrected chi connectivity index (χ0v) is 11.0. The Balaban J connectivity index is 2.44. The van der Waals surface area contributed by atoms with Gasteiger partial charge in [0.1, 0.15) is 5.75 Å². The van der Waals surface area contributed by atoms with Crippen molar-refractivity contribution in [3.63, 3.8) is 0 Å². The summed E-state index contributed by atoms with van der Waals surface area (Å²) in [5, 5.41) is 0. The van der Waals surface area contributed by atoms with Crippen molar-refractivity contribution in [2.75, 3.05) is 7.11 Å². The SMILES string of the molecule is COc1cccc(/C=C(/C(C)=O)c2ccccn2)c1. The lowest BCUT2D eigenvalue weighted by Gasteiger charge is -2.04. The van der Waals surface area contributed by atoms with Gasteiger partial charge >= 0.3 is 0 Å². The fourth-order valence-electron chi connectivity index (χ4n) is 1.78. The lowest BCUT2D eigenvalue weighted by Crippen LogP contribution is -1.98. The van der Waals surface area contributed by atoms with E-state index in [4.69, 9.17) is 4.74 Å². The number of methoxy groups -OCH3 is 1. The molecule has 0 aliphatic rings. The standard InChI is InChI=1S/C16H15NO2/c1-12(18)15(16-8-3-4-9-17-16)11-13-6-5-7-14(10-13)19-2/h3-11H,1-2H3/b15-11-. The highest BCUT2D eigenvalue weighted by Crippen LogP contribution is 2.20. The highest BCUT2D eigenvalue weighted by Gasteiger charge is 2.08. The largest absolute Gasteiger partial charge is 0.497 e. The Kier molecular flexibility index (Phi) is 4.08. The Bertz CT molecular complexity index is 603. The first-order chi connectivity index (χ1) is 9.20. The topological polar surface area (TPSA) is 39.2 Å². The van der Waals surface area contributed by atoms with Crippen molar-refractivity contribution in [3.05, 3.63) is 59.9 Å². The molecule has 3 heteroatoms. The Hall–Kier alpha value is -2.42. The molecule has 0 amide bonds. The molecule has 0 aliphatic carbocycles. The van der Waals surface area contributed by atoms with Crippen LogP contribution in [-0.2, 0) is 4.79 Å². The van der Waals surface area contributed by atoms with Gasteiger partial charge < -0.3 is 4.74 Å². The molecule has 0 aliphatic heterocycles. The van der Waals surface area contributed by atoms with E-state index in [1.54, 1.807) is 20.2 Å². The van der Waals surface area contributed by atoms with Crippen LogP contribution in [0.3, 0.4) is 0 Å².